The normalized spacial score (nSPS) is 19.8. The first-order valence-corrected chi connectivity index (χ1v) is 7.36. The van der Waals surface area contributed by atoms with Crippen LogP contribution in [-0.2, 0) is 4.79 Å². The van der Waals surface area contributed by atoms with E-state index in [1.165, 1.54) is 0 Å². The van der Waals surface area contributed by atoms with E-state index in [0.717, 1.165) is 25.9 Å². The summed E-state index contributed by atoms with van der Waals surface area (Å²) in [6.07, 6.45) is 2.20. The lowest BCUT2D eigenvalue weighted by Crippen LogP contribution is -2.41. The number of carboxylic acids is 1. The molecule has 2 rings (SSSR count). The number of benzene rings is 1. The van der Waals surface area contributed by atoms with Crippen molar-refractivity contribution in [2.75, 3.05) is 19.6 Å². The highest BCUT2D eigenvalue weighted by Gasteiger charge is 2.21. The van der Waals surface area contributed by atoms with E-state index in [2.05, 4.69) is 4.90 Å². The van der Waals surface area contributed by atoms with Crippen LogP contribution in [0.15, 0.2) is 18.2 Å². The van der Waals surface area contributed by atoms with E-state index in [-0.39, 0.29) is 12.5 Å². The molecule has 1 fully saturated rings. The molecular weight excluding hydrogens is 301 g/mol. The Bertz CT molecular complexity index is 481. The Hall–Kier alpha value is -0.970. The fraction of sp³-hybridized carbons (Fsp3) is 0.500. The van der Waals surface area contributed by atoms with Crippen LogP contribution in [0.1, 0.15) is 19.3 Å². The molecule has 1 saturated heterocycles. The number of piperidine rings is 1. The van der Waals surface area contributed by atoms with Gasteiger partial charge in [-0.3, -0.25) is 9.69 Å². The summed E-state index contributed by atoms with van der Waals surface area (Å²) in [5, 5.41) is 9.70. The van der Waals surface area contributed by atoms with E-state index in [1.807, 2.05) is 0 Å². The van der Waals surface area contributed by atoms with Gasteiger partial charge in [0.2, 0.25) is 0 Å². The van der Waals surface area contributed by atoms with Crippen LogP contribution in [-0.4, -0.2) is 41.7 Å². The van der Waals surface area contributed by atoms with Crippen LogP contribution in [0.4, 0.5) is 0 Å². The Morgan fingerprint density at radius 1 is 1.40 bits per heavy atom. The van der Waals surface area contributed by atoms with E-state index in [1.54, 1.807) is 18.2 Å². The molecule has 1 N–H and O–H groups in total. The highest BCUT2D eigenvalue weighted by molar-refractivity contribution is 6.42. The van der Waals surface area contributed by atoms with Crippen molar-refractivity contribution in [3.05, 3.63) is 28.2 Å². The monoisotopic (exact) mass is 317 g/mol. The van der Waals surface area contributed by atoms with Crippen molar-refractivity contribution in [2.24, 2.45) is 0 Å². The molecule has 1 aliphatic heterocycles. The van der Waals surface area contributed by atoms with E-state index in [9.17, 15) is 4.79 Å². The van der Waals surface area contributed by atoms with Crippen LogP contribution in [0.2, 0.25) is 10.0 Å². The van der Waals surface area contributed by atoms with Gasteiger partial charge in [-0.25, -0.2) is 0 Å². The number of hydrogen-bond donors (Lipinski definition) is 1. The topological polar surface area (TPSA) is 49.8 Å². The molecule has 0 bridgehead atoms. The lowest BCUT2D eigenvalue weighted by atomic mass is 10.1. The maximum absolute atomic E-state index is 10.6. The van der Waals surface area contributed by atoms with Crippen molar-refractivity contribution in [3.63, 3.8) is 0 Å². The van der Waals surface area contributed by atoms with Crippen LogP contribution >= 0.6 is 23.2 Å². The third kappa shape index (κ3) is 4.54. The standard InChI is InChI=1S/C14H17Cl2NO3/c15-12-4-3-10(8-13(12)16)20-11-2-1-6-17(9-11)7-5-14(18)19/h3-4,8,11H,1-2,5-7,9H2,(H,18,19)/t11-/m0/s1. The average molecular weight is 318 g/mol. The summed E-state index contributed by atoms with van der Waals surface area (Å²) in [4.78, 5) is 12.7. The summed E-state index contributed by atoms with van der Waals surface area (Å²) in [5.41, 5.74) is 0. The van der Waals surface area contributed by atoms with Gasteiger partial charge in [0.05, 0.1) is 16.5 Å². The highest BCUT2D eigenvalue weighted by Crippen LogP contribution is 2.28. The fourth-order valence-corrected chi connectivity index (χ4v) is 2.60. The molecule has 0 aliphatic carbocycles. The minimum Gasteiger partial charge on any atom is -0.489 e. The molecule has 0 amide bonds. The quantitative estimate of drug-likeness (QED) is 0.905. The fourth-order valence-electron chi connectivity index (χ4n) is 2.31. The zero-order valence-corrected chi connectivity index (χ0v) is 12.5. The van der Waals surface area contributed by atoms with Crippen molar-refractivity contribution < 1.29 is 14.6 Å². The second-order valence-corrected chi connectivity index (χ2v) is 5.72. The van der Waals surface area contributed by atoms with Crippen molar-refractivity contribution in [1.82, 2.24) is 4.90 Å². The zero-order chi connectivity index (χ0) is 14.5. The summed E-state index contributed by atoms with van der Waals surface area (Å²) >= 11 is 11.8. The molecule has 1 atom stereocenters. The molecule has 4 nitrogen and oxygen atoms in total. The van der Waals surface area contributed by atoms with Crippen LogP contribution in [0.25, 0.3) is 0 Å². The van der Waals surface area contributed by atoms with Crippen LogP contribution in [0.5, 0.6) is 5.75 Å². The van der Waals surface area contributed by atoms with Crippen molar-refractivity contribution in [2.45, 2.75) is 25.4 Å². The zero-order valence-electron chi connectivity index (χ0n) is 11.0. The number of halogens is 2. The molecule has 1 aliphatic rings. The second kappa shape index (κ2) is 7.16. The molecule has 0 unspecified atom stereocenters. The molecule has 0 aromatic heterocycles. The first kappa shape index (κ1) is 15.4. The molecule has 0 radical (unpaired) electrons. The van der Waals surface area contributed by atoms with Gasteiger partial charge in [-0.1, -0.05) is 23.2 Å². The number of rotatable bonds is 5. The van der Waals surface area contributed by atoms with E-state index in [4.69, 9.17) is 33.0 Å². The average Bonchev–Trinajstić information content (AvgIpc) is 2.41. The van der Waals surface area contributed by atoms with Gasteiger partial charge in [-0.2, -0.15) is 0 Å². The Morgan fingerprint density at radius 3 is 2.90 bits per heavy atom. The molecule has 110 valence electrons. The van der Waals surface area contributed by atoms with Gasteiger partial charge in [0, 0.05) is 19.2 Å². The van der Waals surface area contributed by atoms with Crippen molar-refractivity contribution in [3.8, 4) is 5.75 Å². The van der Waals surface area contributed by atoms with Gasteiger partial charge < -0.3 is 9.84 Å². The van der Waals surface area contributed by atoms with Gasteiger partial charge in [0.25, 0.3) is 0 Å². The number of ether oxygens (including phenoxy) is 1. The molecule has 0 saturated carbocycles. The molecule has 1 aromatic rings. The van der Waals surface area contributed by atoms with E-state index in [0.29, 0.717) is 22.3 Å². The Balaban J connectivity index is 1.88. The molecule has 1 heterocycles. The summed E-state index contributed by atoms with van der Waals surface area (Å²) < 4.78 is 5.90. The maximum atomic E-state index is 10.6. The highest BCUT2D eigenvalue weighted by atomic mass is 35.5. The molecule has 0 spiro atoms. The number of carboxylic acid groups (broad SMARTS) is 1. The first-order valence-electron chi connectivity index (χ1n) is 6.60. The number of likely N-dealkylation sites (tertiary alicyclic amines) is 1. The number of hydrogen-bond acceptors (Lipinski definition) is 3. The van der Waals surface area contributed by atoms with Gasteiger partial charge in [-0.15, -0.1) is 0 Å². The third-order valence-corrected chi connectivity index (χ3v) is 4.04. The largest absolute Gasteiger partial charge is 0.489 e. The molecule has 6 heteroatoms. The maximum Gasteiger partial charge on any atom is 0.304 e. The third-order valence-electron chi connectivity index (χ3n) is 3.30. The smallest absolute Gasteiger partial charge is 0.304 e. The van der Waals surface area contributed by atoms with Crippen molar-refractivity contribution in [1.29, 1.82) is 0 Å². The number of carbonyl (C=O) groups is 1. The SMILES string of the molecule is O=C(O)CCN1CCC[C@H](Oc2ccc(Cl)c(Cl)c2)C1. The lowest BCUT2D eigenvalue weighted by Gasteiger charge is -2.32. The summed E-state index contributed by atoms with van der Waals surface area (Å²) in [5.74, 6) is -0.0676. The van der Waals surface area contributed by atoms with E-state index < -0.39 is 5.97 Å². The van der Waals surface area contributed by atoms with Gasteiger partial charge in [0.1, 0.15) is 11.9 Å². The lowest BCUT2D eigenvalue weighted by molar-refractivity contribution is -0.137. The van der Waals surface area contributed by atoms with Gasteiger partial charge in [-0.05, 0) is 31.5 Å². The second-order valence-electron chi connectivity index (χ2n) is 4.90. The molecule has 20 heavy (non-hydrogen) atoms. The minimum absolute atomic E-state index is 0.0646. The van der Waals surface area contributed by atoms with Crippen LogP contribution in [0.3, 0.4) is 0 Å². The molecular formula is C14H17Cl2NO3. The van der Waals surface area contributed by atoms with Crippen LogP contribution in [0, 0.1) is 0 Å². The van der Waals surface area contributed by atoms with Gasteiger partial charge in [0.15, 0.2) is 0 Å². The van der Waals surface area contributed by atoms with Crippen molar-refractivity contribution >= 4 is 29.2 Å². The number of aliphatic carboxylic acids is 1. The van der Waals surface area contributed by atoms with Crippen LogP contribution < -0.4 is 4.74 Å². The van der Waals surface area contributed by atoms with E-state index >= 15 is 0 Å². The Labute approximate surface area is 128 Å². The van der Waals surface area contributed by atoms with Gasteiger partial charge >= 0.3 is 5.97 Å². The Kier molecular flexibility index (Phi) is 5.52. The predicted octanol–water partition coefficient (Wildman–Crippen LogP) is 3.31. The minimum atomic E-state index is -0.766. The summed E-state index contributed by atoms with van der Waals surface area (Å²) in [7, 11) is 0. The Morgan fingerprint density at radius 2 is 2.20 bits per heavy atom. The molecule has 1 aromatic carbocycles. The summed E-state index contributed by atoms with van der Waals surface area (Å²) in [6, 6.07) is 5.22. The predicted molar refractivity (Wildman–Crippen MR) is 78.8 cm³/mol. The first-order chi connectivity index (χ1) is 9.54. The summed E-state index contributed by atoms with van der Waals surface area (Å²) in [6.45, 7) is 2.23. The number of nitrogens with zero attached hydrogens (tertiary/aromatic N) is 1.